The van der Waals surface area contributed by atoms with Crippen molar-refractivity contribution in [2.75, 3.05) is 5.88 Å². The molecule has 1 unspecified atom stereocenters. The first-order chi connectivity index (χ1) is 10.7. The topological polar surface area (TPSA) is 15.6 Å². The van der Waals surface area contributed by atoms with Gasteiger partial charge in [0.25, 0.3) is 0 Å². The van der Waals surface area contributed by atoms with Crippen LogP contribution in [-0.4, -0.2) is 16.9 Å². The number of rotatable bonds is 3. The molecule has 0 N–H and O–H groups in total. The maximum atomic E-state index is 6.25. The largest absolute Gasteiger partial charge is 0.345 e. The molecule has 1 fully saturated rings. The summed E-state index contributed by atoms with van der Waals surface area (Å²) in [5, 5.41) is 2.29. The Morgan fingerprint density at radius 2 is 1.91 bits per heavy atom. The number of alkyl halides is 1. The number of hydrogen-bond donors (Lipinski definition) is 0. The summed E-state index contributed by atoms with van der Waals surface area (Å²) >= 11 is 6.25. The third-order valence-corrected chi connectivity index (χ3v) is 5.12. The minimum atomic E-state index is 0.0127. The van der Waals surface area contributed by atoms with Crippen LogP contribution >= 0.6 is 11.6 Å². The van der Waals surface area contributed by atoms with Crippen molar-refractivity contribution in [2.45, 2.75) is 31.5 Å². The van der Waals surface area contributed by atoms with E-state index in [9.17, 15) is 0 Å². The van der Waals surface area contributed by atoms with Crippen LogP contribution in [0.4, 0.5) is 0 Å². The highest BCUT2D eigenvalue weighted by Gasteiger charge is 2.50. The lowest BCUT2D eigenvalue weighted by Gasteiger charge is -2.37. The van der Waals surface area contributed by atoms with Crippen molar-refractivity contribution >= 4 is 17.8 Å². The van der Waals surface area contributed by atoms with Gasteiger partial charge in [-0.05, 0) is 37.0 Å². The molecule has 1 aliphatic carbocycles. The number of aryl methyl sites for hydroxylation is 1. The summed E-state index contributed by atoms with van der Waals surface area (Å²) in [6.07, 6.45) is 4.62. The molecule has 0 aromatic heterocycles. The summed E-state index contributed by atoms with van der Waals surface area (Å²) in [6, 6.07) is 17.0. The van der Waals surface area contributed by atoms with E-state index in [1.165, 1.54) is 16.3 Å². The molecule has 3 heteroatoms. The first-order valence-electron chi connectivity index (χ1n) is 7.80. The molecular formula is C19H19ClN2. The van der Waals surface area contributed by atoms with Crippen molar-refractivity contribution < 1.29 is 0 Å². The molecule has 4 rings (SSSR count). The Balaban J connectivity index is 1.87. The molecular weight excluding hydrogens is 292 g/mol. The van der Waals surface area contributed by atoms with Gasteiger partial charge in [-0.15, -0.1) is 11.6 Å². The molecule has 0 bridgehead atoms. The van der Waals surface area contributed by atoms with E-state index < -0.39 is 0 Å². The number of benzene rings is 2. The molecule has 1 saturated carbocycles. The van der Waals surface area contributed by atoms with Crippen molar-refractivity contribution in [2.24, 2.45) is 4.99 Å². The lowest BCUT2D eigenvalue weighted by atomic mass is 10.0. The van der Waals surface area contributed by atoms with Crippen LogP contribution in [0.5, 0.6) is 0 Å². The fourth-order valence-electron chi connectivity index (χ4n) is 3.47. The summed E-state index contributed by atoms with van der Waals surface area (Å²) < 4.78 is 0. The van der Waals surface area contributed by atoms with Crippen molar-refractivity contribution in [1.82, 2.24) is 4.90 Å². The van der Waals surface area contributed by atoms with Crippen LogP contribution in [0, 0.1) is 6.92 Å². The SMILES string of the molecule is Cc1cccc2c1=CN(C1(c3ccccc3)CC1)C(CCl)N=2. The Labute approximate surface area is 135 Å². The maximum Gasteiger partial charge on any atom is 0.135 e. The molecule has 2 aromatic carbocycles. The Morgan fingerprint density at radius 1 is 1.14 bits per heavy atom. The molecule has 2 nitrogen and oxygen atoms in total. The van der Waals surface area contributed by atoms with Crippen LogP contribution in [0.15, 0.2) is 53.5 Å². The van der Waals surface area contributed by atoms with Gasteiger partial charge in [0.15, 0.2) is 0 Å². The van der Waals surface area contributed by atoms with E-state index in [-0.39, 0.29) is 11.7 Å². The molecule has 2 aliphatic rings. The van der Waals surface area contributed by atoms with E-state index in [1.807, 2.05) is 0 Å². The van der Waals surface area contributed by atoms with Gasteiger partial charge >= 0.3 is 0 Å². The quantitative estimate of drug-likeness (QED) is 0.796. The normalized spacial score (nSPS) is 21.5. The Kier molecular flexibility index (Phi) is 3.23. The van der Waals surface area contributed by atoms with Crippen LogP contribution in [0.25, 0.3) is 6.20 Å². The zero-order valence-electron chi connectivity index (χ0n) is 12.7. The molecule has 0 saturated heterocycles. The molecule has 0 amide bonds. The molecule has 1 heterocycles. The van der Waals surface area contributed by atoms with E-state index in [0.717, 1.165) is 18.2 Å². The highest BCUT2D eigenvalue weighted by Crippen LogP contribution is 2.52. The summed E-state index contributed by atoms with van der Waals surface area (Å²) in [6.45, 7) is 2.14. The van der Waals surface area contributed by atoms with Gasteiger partial charge in [0.2, 0.25) is 0 Å². The van der Waals surface area contributed by atoms with Crippen molar-refractivity contribution in [1.29, 1.82) is 0 Å². The summed E-state index contributed by atoms with van der Waals surface area (Å²) in [7, 11) is 0. The van der Waals surface area contributed by atoms with Crippen LogP contribution in [0.2, 0.25) is 0 Å². The summed E-state index contributed by atoms with van der Waals surface area (Å²) in [5.74, 6) is 0.512. The van der Waals surface area contributed by atoms with Crippen LogP contribution in [-0.2, 0) is 5.54 Å². The fraction of sp³-hybridized carbons (Fsp3) is 0.316. The van der Waals surface area contributed by atoms with Gasteiger partial charge in [0, 0.05) is 11.4 Å². The zero-order chi connectivity index (χ0) is 15.2. The Morgan fingerprint density at radius 3 is 2.59 bits per heavy atom. The van der Waals surface area contributed by atoms with Gasteiger partial charge in [-0.1, -0.05) is 42.5 Å². The third-order valence-electron chi connectivity index (χ3n) is 4.85. The molecule has 112 valence electrons. The minimum Gasteiger partial charge on any atom is -0.345 e. The zero-order valence-corrected chi connectivity index (χ0v) is 13.4. The van der Waals surface area contributed by atoms with E-state index in [1.54, 1.807) is 0 Å². The number of nitrogens with zero attached hydrogens (tertiary/aromatic N) is 2. The lowest BCUT2D eigenvalue weighted by Crippen LogP contribution is -2.48. The van der Waals surface area contributed by atoms with E-state index in [4.69, 9.17) is 16.6 Å². The second-order valence-corrected chi connectivity index (χ2v) is 6.51. The number of halogens is 1. The molecule has 2 aromatic rings. The van der Waals surface area contributed by atoms with Gasteiger partial charge in [-0.25, -0.2) is 0 Å². The second kappa shape index (κ2) is 5.13. The van der Waals surface area contributed by atoms with Crippen molar-refractivity contribution in [3.63, 3.8) is 0 Å². The Hall–Kier alpha value is -1.80. The fourth-order valence-corrected chi connectivity index (χ4v) is 3.69. The predicted octanol–water partition coefficient (Wildman–Crippen LogP) is 2.92. The van der Waals surface area contributed by atoms with E-state index in [2.05, 4.69) is 66.6 Å². The Bertz CT molecular complexity index is 809. The lowest BCUT2D eigenvalue weighted by molar-refractivity contribution is 0.222. The molecule has 0 radical (unpaired) electrons. The highest BCUT2D eigenvalue weighted by atomic mass is 35.5. The van der Waals surface area contributed by atoms with E-state index >= 15 is 0 Å². The molecule has 1 atom stereocenters. The summed E-state index contributed by atoms with van der Waals surface area (Å²) in [4.78, 5) is 7.29. The average Bonchev–Trinajstić information content (AvgIpc) is 3.37. The van der Waals surface area contributed by atoms with Gasteiger partial charge < -0.3 is 4.90 Å². The monoisotopic (exact) mass is 310 g/mol. The summed E-state index contributed by atoms with van der Waals surface area (Å²) in [5.41, 5.74) is 2.71. The average molecular weight is 311 g/mol. The predicted molar refractivity (Wildman–Crippen MR) is 90.1 cm³/mol. The van der Waals surface area contributed by atoms with E-state index in [0.29, 0.717) is 5.88 Å². The minimum absolute atomic E-state index is 0.0127. The molecule has 1 aliphatic heterocycles. The van der Waals surface area contributed by atoms with Gasteiger partial charge in [-0.2, -0.15) is 0 Å². The number of fused-ring (bicyclic) bond motifs is 1. The van der Waals surface area contributed by atoms with Crippen LogP contribution < -0.4 is 10.6 Å². The maximum absolute atomic E-state index is 6.25. The standard InChI is InChI=1S/C19H19ClN2/c1-14-6-5-9-17-16(14)13-22(18(12-20)21-17)19(10-11-19)15-7-3-2-4-8-15/h2-9,13,18H,10-12H2,1H3. The van der Waals surface area contributed by atoms with Gasteiger partial charge in [-0.3, -0.25) is 4.99 Å². The van der Waals surface area contributed by atoms with Crippen LogP contribution in [0.3, 0.4) is 0 Å². The third kappa shape index (κ3) is 2.05. The van der Waals surface area contributed by atoms with Crippen LogP contribution in [0.1, 0.15) is 24.0 Å². The molecule has 0 spiro atoms. The highest BCUT2D eigenvalue weighted by molar-refractivity contribution is 6.18. The molecule has 22 heavy (non-hydrogen) atoms. The van der Waals surface area contributed by atoms with Gasteiger partial charge in [0.05, 0.1) is 16.8 Å². The number of hydrogen-bond acceptors (Lipinski definition) is 2. The first kappa shape index (κ1) is 13.8. The van der Waals surface area contributed by atoms with Crippen molar-refractivity contribution in [3.8, 4) is 0 Å². The smallest absolute Gasteiger partial charge is 0.135 e. The first-order valence-corrected chi connectivity index (χ1v) is 8.33. The van der Waals surface area contributed by atoms with Crippen molar-refractivity contribution in [3.05, 3.63) is 70.2 Å². The second-order valence-electron chi connectivity index (χ2n) is 6.21. The van der Waals surface area contributed by atoms with Gasteiger partial charge in [0.1, 0.15) is 6.17 Å².